The number of nitrogens with zero attached hydrogens (tertiary/aromatic N) is 1. The van der Waals surface area contributed by atoms with Crippen LogP contribution < -0.4 is 10.2 Å². The standard InChI is InChI=1S/C18H30N2O/c1-14-6-5-10-20(16(14)3)18-8-7-17(12-15(18)2)13-19-9-11-21-4/h7-8,12,14,16,19H,5-6,9-11,13H2,1-4H3. The molecule has 118 valence electrons. The van der Waals surface area contributed by atoms with Gasteiger partial charge in [0.15, 0.2) is 0 Å². The molecule has 0 bridgehead atoms. The van der Waals surface area contributed by atoms with Crippen LogP contribution in [0.15, 0.2) is 18.2 Å². The Kier molecular flexibility index (Phi) is 6.07. The molecular formula is C18H30N2O. The molecule has 0 aromatic heterocycles. The van der Waals surface area contributed by atoms with Crippen molar-refractivity contribution in [2.24, 2.45) is 5.92 Å². The van der Waals surface area contributed by atoms with Crippen LogP contribution in [-0.4, -0.2) is 32.8 Å². The summed E-state index contributed by atoms with van der Waals surface area (Å²) < 4.78 is 5.05. The van der Waals surface area contributed by atoms with E-state index in [1.807, 2.05) is 0 Å². The number of aryl methyl sites for hydroxylation is 1. The van der Waals surface area contributed by atoms with E-state index in [-0.39, 0.29) is 0 Å². The normalized spacial score (nSPS) is 22.6. The number of benzene rings is 1. The molecule has 1 N–H and O–H groups in total. The van der Waals surface area contributed by atoms with E-state index in [1.165, 1.54) is 36.2 Å². The van der Waals surface area contributed by atoms with E-state index in [1.54, 1.807) is 7.11 Å². The molecule has 21 heavy (non-hydrogen) atoms. The summed E-state index contributed by atoms with van der Waals surface area (Å²) in [4.78, 5) is 2.59. The Balaban J connectivity index is 2.01. The van der Waals surface area contributed by atoms with Crippen LogP contribution in [0, 0.1) is 12.8 Å². The molecule has 1 heterocycles. The number of piperidine rings is 1. The van der Waals surface area contributed by atoms with Gasteiger partial charge in [-0.15, -0.1) is 0 Å². The minimum atomic E-state index is 0.642. The highest BCUT2D eigenvalue weighted by atomic mass is 16.5. The summed E-state index contributed by atoms with van der Waals surface area (Å²) in [5, 5.41) is 3.41. The molecule has 1 aromatic rings. The number of ether oxygens (including phenoxy) is 1. The van der Waals surface area contributed by atoms with Crippen LogP contribution in [0.4, 0.5) is 5.69 Å². The highest BCUT2D eigenvalue weighted by Crippen LogP contribution is 2.30. The average molecular weight is 290 g/mol. The molecule has 0 radical (unpaired) electrons. The van der Waals surface area contributed by atoms with Crippen molar-refractivity contribution in [3.63, 3.8) is 0 Å². The maximum atomic E-state index is 5.05. The van der Waals surface area contributed by atoms with E-state index in [2.05, 4.69) is 49.2 Å². The van der Waals surface area contributed by atoms with Gasteiger partial charge < -0.3 is 15.0 Å². The molecule has 3 nitrogen and oxygen atoms in total. The Bertz CT molecular complexity index is 447. The van der Waals surface area contributed by atoms with Crippen molar-refractivity contribution < 1.29 is 4.74 Å². The molecule has 3 heteroatoms. The molecule has 1 saturated heterocycles. The van der Waals surface area contributed by atoms with Crippen LogP contribution >= 0.6 is 0 Å². The van der Waals surface area contributed by atoms with Crippen molar-refractivity contribution in [2.45, 2.75) is 46.2 Å². The van der Waals surface area contributed by atoms with E-state index in [0.29, 0.717) is 6.04 Å². The monoisotopic (exact) mass is 290 g/mol. The van der Waals surface area contributed by atoms with E-state index in [9.17, 15) is 0 Å². The van der Waals surface area contributed by atoms with Crippen LogP contribution in [0.1, 0.15) is 37.8 Å². The summed E-state index contributed by atoms with van der Waals surface area (Å²) in [5.41, 5.74) is 4.15. The number of rotatable bonds is 6. The first-order chi connectivity index (χ1) is 10.1. The predicted molar refractivity (Wildman–Crippen MR) is 90.0 cm³/mol. The largest absolute Gasteiger partial charge is 0.383 e. The second-order valence-corrected chi connectivity index (χ2v) is 6.34. The fourth-order valence-corrected chi connectivity index (χ4v) is 3.23. The molecule has 1 fully saturated rings. The first-order valence-electron chi connectivity index (χ1n) is 8.19. The Morgan fingerprint density at radius 3 is 2.86 bits per heavy atom. The van der Waals surface area contributed by atoms with Gasteiger partial charge in [-0.2, -0.15) is 0 Å². The zero-order chi connectivity index (χ0) is 15.2. The van der Waals surface area contributed by atoms with Gasteiger partial charge in [-0.25, -0.2) is 0 Å². The number of nitrogens with one attached hydrogen (secondary N) is 1. The molecule has 0 spiro atoms. The fraction of sp³-hybridized carbons (Fsp3) is 0.667. The topological polar surface area (TPSA) is 24.5 Å². The zero-order valence-corrected chi connectivity index (χ0v) is 14.0. The van der Waals surface area contributed by atoms with E-state index in [0.717, 1.165) is 25.6 Å². The van der Waals surface area contributed by atoms with Crippen molar-refractivity contribution in [3.05, 3.63) is 29.3 Å². The second kappa shape index (κ2) is 7.81. The van der Waals surface area contributed by atoms with Gasteiger partial charge in [0, 0.05) is 38.5 Å². The second-order valence-electron chi connectivity index (χ2n) is 6.34. The van der Waals surface area contributed by atoms with Crippen molar-refractivity contribution in [2.75, 3.05) is 31.7 Å². The van der Waals surface area contributed by atoms with Crippen LogP contribution in [0.25, 0.3) is 0 Å². The van der Waals surface area contributed by atoms with Gasteiger partial charge in [0.05, 0.1) is 6.61 Å². The molecule has 1 aliphatic rings. The number of methoxy groups -OCH3 is 1. The van der Waals surface area contributed by atoms with Crippen LogP contribution in [0.5, 0.6) is 0 Å². The lowest BCUT2D eigenvalue weighted by Crippen LogP contribution is -2.42. The maximum absolute atomic E-state index is 5.05. The first kappa shape index (κ1) is 16.3. The molecule has 2 atom stereocenters. The highest BCUT2D eigenvalue weighted by Gasteiger charge is 2.25. The lowest BCUT2D eigenvalue weighted by Gasteiger charge is -2.40. The van der Waals surface area contributed by atoms with Crippen LogP contribution in [0.3, 0.4) is 0 Å². The third-order valence-corrected chi connectivity index (χ3v) is 4.76. The van der Waals surface area contributed by atoms with Crippen molar-refractivity contribution in [1.82, 2.24) is 5.32 Å². The van der Waals surface area contributed by atoms with Gasteiger partial charge in [-0.1, -0.05) is 19.1 Å². The van der Waals surface area contributed by atoms with E-state index < -0.39 is 0 Å². The highest BCUT2D eigenvalue weighted by molar-refractivity contribution is 5.55. The molecule has 2 rings (SSSR count). The van der Waals surface area contributed by atoms with E-state index >= 15 is 0 Å². The third kappa shape index (κ3) is 4.21. The van der Waals surface area contributed by atoms with E-state index in [4.69, 9.17) is 4.74 Å². The lowest BCUT2D eigenvalue weighted by molar-refractivity contribution is 0.199. The Morgan fingerprint density at radius 1 is 1.33 bits per heavy atom. The molecule has 0 saturated carbocycles. The molecule has 2 unspecified atom stereocenters. The number of hydrogen-bond donors (Lipinski definition) is 1. The summed E-state index contributed by atoms with van der Waals surface area (Å²) in [5.74, 6) is 0.786. The first-order valence-corrected chi connectivity index (χ1v) is 8.19. The molecule has 0 aliphatic carbocycles. The molecule has 0 amide bonds. The quantitative estimate of drug-likeness (QED) is 0.813. The average Bonchev–Trinajstić information content (AvgIpc) is 2.47. The summed E-state index contributed by atoms with van der Waals surface area (Å²) in [6, 6.07) is 7.52. The fourth-order valence-electron chi connectivity index (χ4n) is 3.23. The smallest absolute Gasteiger partial charge is 0.0587 e. The summed E-state index contributed by atoms with van der Waals surface area (Å²) in [6.45, 7) is 10.7. The number of anilines is 1. The Morgan fingerprint density at radius 2 is 2.14 bits per heavy atom. The Hall–Kier alpha value is -1.06. The summed E-state index contributed by atoms with van der Waals surface area (Å²) >= 11 is 0. The van der Waals surface area contributed by atoms with Gasteiger partial charge in [0.2, 0.25) is 0 Å². The van der Waals surface area contributed by atoms with Crippen molar-refractivity contribution in [3.8, 4) is 0 Å². The van der Waals surface area contributed by atoms with Gasteiger partial charge >= 0.3 is 0 Å². The third-order valence-electron chi connectivity index (χ3n) is 4.76. The minimum absolute atomic E-state index is 0.642. The summed E-state index contributed by atoms with van der Waals surface area (Å²) in [6.07, 6.45) is 2.67. The summed E-state index contributed by atoms with van der Waals surface area (Å²) in [7, 11) is 1.74. The van der Waals surface area contributed by atoms with Gasteiger partial charge in [-0.3, -0.25) is 0 Å². The van der Waals surface area contributed by atoms with Crippen molar-refractivity contribution >= 4 is 5.69 Å². The minimum Gasteiger partial charge on any atom is -0.383 e. The SMILES string of the molecule is COCCNCc1ccc(N2CCCC(C)C2C)c(C)c1. The maximum Gasteiger partial charge on any atom is 0.0587 e. The van der Waals surface area contributed by atoms with Crippen LogP contribution in [-0.2, 0) is 11.3 Å². The number of hydrogen-bond acceptors (Lipinski definition) is 3. The molecule has 1 aromatic carbocycles. The van der Waals surface area contributed by atoms with Crippen LogP contribution in [0.2, 0.25) is 0 Å². The predicted octanol–water partition coefficient (Wildman–Crippen LogP) is 3.36. The lowest BCUT2D eigenvalue weighted by atomic mass is 9.91. The van der Waals surface area contributed by atoms with Gasteiger partial charge in [-0.05, 0) is 49.8 Å². The zero-order valence-electron chi connectivity index (χ0n) is 14.0. The van der Waals surface area contributed by atoms with Gasteiger partial charge in [0.25, 0.3) is 0 Å². The van der Waals surface area contributed by atoms with Crippen molar-refractivity contribution in [1.29, 1.82) is 0 Å². The molecular weight excluding hydrogens is 260 g/mol. The molecule has 1 aliphatic heterocycles. The Labute approximate surface area is 129 Å². The van der Waals surface area contributed by atoms with Gasteiger partial charge in [0.1, 0.15) is 0 Å².